The van der Waals surface area contributed by atoms with Crippen LogP contribution < -0.4 is 15.4 Å². The summed E-state index contributed by atoms with van der Waals surface area (Å²) in [7, 11) is -1.66. The molecule has 1 saturated heterocycles. The van der Waals surface area contributed by atoms with Crippen LogP contribution in [0.1, 0.15) is 32.6 Å². The molecule has 3 N–H and O–H groups in total. The van der Waals surface area contributed by atoms with Crippen LogP contribution in [0.5, 0.6) is 0 Å². The number of rotatable bonds is 11. The molecule has 0 aromatic heterocycles. The zero-order valence-corrected chi connectivity index (χ0v) is 15.7. The number of methoxy groups -OCH3 is 1. The van der Waals surface area contributed by atoms with E-state index in [1.165, 1.54) is 0 Å². The van der Waals surface area contributed by atoms with Crippen molar-refractivity contribution in [1.29, 1.82) is 0 Å². The molecule has 142 valence electrons. The first kappa shape index (κ1) is 21.1. The summed E-state index contributed by atoms with van der Waals surface area (Å²) < 4.78 is 37.2. The molecule has 24 heavy (non-hydrogen) atoms. The number of nitrogens with one attached hydrogen (secondary N) is 3. The summed E-state index contributed by atoms with van der Waals surface area (Å²) in [6, 6.07) is 0. The lowest BCUT2D eigenvalue weighted by molar-refractivity contribution is 0.0200. The third-order valence-corrected chi connectivity index (χ3v) is 4.94. The molecule has 1 heterocycles. The number of guanidine groups is 1. The van der Waals surface area contributed by atoms with Gasteiger partial charge >= 0.3 is 0 Å². The van der Waals surface area contributed by atoms with E-state index in [1.807, 2.05) is 6.92 Å². The van der Waals surface area contributed by atoms with Crippen molar-refractivity contribution in [3.8, 4) is 0 Å². The Morgan fingerprint density at radius 1 is 1.33 bits per heavy atom. The van der Waals surface area contributed by atoms with E-state index in [1.54, 1.807) is 7.11 Å². The SMILES string of the molecule is CCNC(=NCCCOC)NCCS(=O)(=O)NCC1CCCCO1. The number of ether oxygens (including phenoxy) is 2. The molecule has 0 spiro atoms. The van der Waals surface area contributed by atoms with Crippen LogP contribution >= 0.6 is 0 Å². The largest absolute Gasteiger partial charge is 0.385 e. The molecule has 1 unspecified atom stereocenters. The van der Waals surface area contributed by atoms with E-state index in [4.69, 9.17) is 9.47 Å². The van der Waals surface area contributed by atoms with Crippen LogP contribution in [0.25, 0.3) is 0 Å². The van der Waals surface area contributed by atoms with E-state index < -0.39 is 10.0 Å². The Hall–Kier alpha value is -0.900. The van der Waals surface area contributed by atoms with Gasteiger partial charge in [-0.3, -0.25) is 4.99 Å². The van der Waals surface area contributed by atoms with E-state index in [-0.39, 0.29) is 11.9 Å². The monoisotopic (exact) mass is 364 g/mol. The third-order valence-electron chi connectivity index (χ3n) is 3.59. The van der Waals surface area contributed by atoms with Crippen molar-refractivity contribution in [2.24, 2.45) is 4.99 Å². The molecule has 0 amide bonds. The summed E-state index contributed by atoms with van der Waals surface area (Å²) in [5.74, 6) is 0.627. The smallest absolute Gasteiger partial charge is 0.213 e. The zero-order chi connectivity index (χ0) is 17.7. The van der Waals surface area contributed by atoms with Crippen molar-refractivity contribution in [2.75, 3.05) is 52.3 Å². The number of nitrogens with zero attached hydrogens (tertiary/aromatic N) is 1. The Kier molecular flexibility index (Phi) is 11.0. The van der Waals surface area contributed by atoms with Crippen LogP contribution in [0.2, 0.25) is 0 Å². The van der Waals surface area contributed by atoms with Gasteiger partial charge in [-0.15, -0.1) is 0 Å². The average molecular weight is 365 g/mol. The number of sulfonamides is 1. The second-order valence-electron chi connectivity index (χ2n) is 5.69. The minimum absolute atomic E-state index is 0.00107. The first-order valence-corrected chi connectivity index (χ1v) is 10.3. The number of hydrogen-bond acceptors (Lipinski definition) is 5. The Morgan fingerprint density at radius 3 is 2.83 bits per heavy atom. The molecule has 8 nitrogen and oxygen atoms in total. The third kappa shape index (κ3) is 10.1. The summed E-state index contributed by atoms with van der Waals surface area (Å²) >= 11 is 0. The van der Waals surface area contributed by atoms with Gasteiger partial charge in [-0.25, -0.2) is 13.1 Å². The molecule has 0 bridgehead atoms. The molecule has 0 aromatic carbocycles. The molecule has 0 aliphatic carbocycles. The minimum atomic E-state index is -3.32. The zero-order valence-electron chi connectivity index (χ0n) is 14.8. The van der Waals surface area contributed by atoms with E-state index in [2.05, 4.69) is 20.3 Å². The van der Waals surface area contributed by atoms with Gasteiger partial charge in [-0.05, 0) is 32.6 Å². The highest BCUT2D eigenvalue weighted by atomic mass is 32.2. The topological polar surface area (TPSA) is 101 Å². The fourth-order valence-corrected chi connectivity index (χ4v) is 3.26. The van der Waals surface area contributed by atoms with Gasteiger partial charge in [-0.2, -0.15) is 0 Å². The molecule has 0 radical (unpaired) electrons. The molecule has 1 rings (SSSR count). The minimum Gasteiger partial charge on any atom is -0.385 e. The summed E-state index contributed by atoms with van der Waals surface area (Å²) in [5.41, 5.74) is 0. The van der Waals surface area contributed by atoms with Crippen molar-refractivity contribution >= 4 is 16.0 Å². The van der Waals surface area contributed by atoms with Gasteiger partial charge in [0, 0.05) is 46.5 Å². The molecular weight excluding hydrogens is 332 g/mol. The lowest BCUT2D eigenvalue weighted by Gasteiger charge is -2.22. The molecule has 1 fully saturated rings. The maximum atomic E-state index is 12.0. The second kappa shape index (κ2) is 12.5. The molecule has 0 aromatic rings. The van der Waals surface area contributed by atoms with Gasteiger partial charge in [0.15, 0.2) is 5.96 Å². The van der Waals surface area contributed by atoms with E-state index in [0.29, 0.717) is 32.2 Å². The Morgan fingerprint density at radius 2 is 2.17 bits per heavy atom. The van der Waals surface area contributed by atoms with Crippen LogP contribution in [-0.2, 0) is 19.5 Å². The van der Waals surface area contributed by atoms with E-state index in [0.717, 1.165) is 38.8 Å². The van der Waals surface area contributed by atoms with Gasteiger partial charge in [0.05, 0.1) is 11.9 Å². The first-order valence-electron chi connectivity index (χ1n) is 8.67. The van der Waals surface area contributed by atoms with E-state index >= 15 is 0 Å². The Labute approximate surface area is 145 Å². The predicted molar refractivity (Wildman–Crippen MR) is 95.9 cm³/mol. The number of hydrogen-bond donors (Lipinski definition) is 3. The summed E-state index contributed by atoms with van der Waals surface area (Å²) in [4.78, 5) is 4.37. The van der Waals surface area contributed by atoms with Crippen molar-refractivity contribution in [3.05, 3.63) is 0 Å². The van der Waals surface area contributed by atoms with Gasteiger partial charge in [0.2, 0.25) is 10.0 Å². The van der Waals surface area contributed by atoms with Gasteiger partial charge < -0.3 is 20.1 Å². The lowest BCUT2D eigenvalue weighted by Crippen LogP contribution is -2.42. The van der Waals surface area contributed by atoms with Crippen LogP contribution in [0.15, 0.2) is 4.99 Å². The molecular formula is C15H32N4O4S. The lowest BCUT2D eigenvalue weighted by atomic mass is 10.1. The van der Waals surface area contributed by atoms with Crippen LogP contribution in [0.4, 0.5) is 0 Å². The highest BCUT2D eigenvalue weighted by Gasteiger charge is 2.17. The molecule has 0 saturated carbocycles. The van der Waals surface area contributed by atoms with Gasteiger partial charge in [-0.1, -0.05) is 0 Å². The highest BCUT2D eigenvalue weighted by molar-refractivity contribution is 7.89. The highest BCUT2D eigenvalue weighted by Crippen LogP contribution is 2.11. The van der Waals surface area contributed by atoms with Crippen LogP contribution in [0.3, 0.4) is 0 Å². The quantitative estimate of drug-likeness (QED) is 0.272. The van der Waals surface area contributed by atoms with Gasteiger partial charge in [0.1, 0.15) is 0 Å². The van der Waals surface area contributed by atoms with Crippen molar-refractivity contribution in [2.45, 2.75) is 38.7 Å². The average Bonchev–Trinajstić information content (AvgIpc) is 2.58. The van der Waals surface area contributed by atoms with Crippen molar-refractivity contribution in [3.63, 3.8) is 0 Å². The molecule has 1 aliphatic heterocycles. The molecule has 9 heteroatoms. The summed E-state index contributed by atoms with van der Waals surface area (Å²) in [6.45, 7) is 5.36. The summed E-state index contributed by atoms with van der Waals surface area (Å²) in [5, 5.41) is 6.13. The fraction of sp³-hybridized carbons (Fsp3) is 0.933. The second-order valence-corrected chi connectivity index (χ2v) is 7.62. The maximum Gasteiger partial charge on any atom is 0.213 e. The number of aliphatic imine (C=N–C) groups is 1. The molecule has 1 atom stereocenters. The van der Waals surface area contributed by atoms with Crippen molar-refractivity contribution < 1.29 is 17.9 Å². The Bertz CT molecular complexity index is 450. The molecule has 1 aliphatic rings. The fourth-order valence-electron chi connectivity index (χ4n) is 2.31. The van der Waals surface area contributed by atoms with Crippen molar-refractivity contribution in [1.82, 2.24) is 15.4 Å². The van der Waals surface area contributed by atoms with Gasteiger partial charge in [0.25, 0.3) is 0 Å². The van der Waals surface area contributed by atoms with E-state index in [9.17, 15) is 8.42 Å². The first-order chi connectivity index (χ1) is 11.6. The Balaban J connectivity index is 2.27. The van der Waals surface area contributed by atoms with Crippen LogP contribution in [-0.4, -0.2) is 72.7 Å². The standard InChI is InChI=1S/C15H32N4O4S/c1-3-16-15(17-8-6-10-22-2)18-9-12-24(20,21)19-13-14-7-4-5-11-23-14/h14,19H,3-13H2,1-2H3,(H2,16,17,18). The predicted octanol–water partition coefficient (Wildman–Crippen LogP) is 0.0665. The maximum absolute atomic E-state index is 12.0. The normalized spacial score (nSPS) is 19.2. The van der Waals surface area contributed by atoms with Crippen LogP contribution in [0, 0.1) is 0 Å². The summed E-state index contributed by atoms with van der Waals surface area (Å²) in [6.07, 6.45) is 3.90.